The molecule has 0 atom stereocenters. The van der Waals surface area contributed by atoms with Gasteiger partial charge < -0.3 is 10.5 Å². The number of halogens is 2. The van der Waals surface area contributed by atoms with Crippen molar-refractivity contribution in [3.8, 4) is 5.75 Å². The van der Waals surface area contributed by atoms with Crippen LogP contribution >= 0.6 is 15.9 Å². The van der Waals surface area contributed by atoms with E-state index in [1.54, 1.807) is 12.1 Å². The van der Waals surface area contributed by atoms with Gasteiger partial charge in [0.15, 0.2) is 11.6 Å². The number of nitrogens with two attached hydrogens (primary N) is 1. The van der Waals surface area contributed by atoms with Gasteiger partial charge in [0.1, 0.15) is 6.61 Å². The SMILES string of the molecule is NCc1cccc(COc2cc(Br)ccc2F)c1. The minimum absolute atomic E-state index is 0.238. The number of hydrogen-bond acceptors (Lipinski definition) is 2. The second-order valence-corrected chi connectivity index (χ2v) is 4.80. The smallest absolute Gasteiger partial charge is 0.165 e. The van der Waals surface area contributed by atoms with E-state index in [9.17, 15) is 4.39 Å². The Bertz CT molecular complexity index is 545. The van der Waals surface area contributed by atoms with Crippen LogP contribution in [-0.4, -0.2) is 0 Å². The molecule has 0 unspecified atom stereocenters. The molecule has 0 aliphatic heterocycles. The van der Waals surface area contributed by atoms with Crippen LogP contribution in [0.15, 0.2) is 46.9 Å². The van der Waals surface area contributed by atoms with Crippen molar-refractivity contribution in [2.45, 2.75) is 13.2 Å². The molecule has 0 fully saturated rings. The summed E-state index contributed by atoms with van der Waals surface area (Å²) in [6.45, 7) is 0.806. The minimum Gasteiger partial charge on any atom is -0.486 e. The summed E-state index contributed by atoms with van der Waals surface area (Å²) in [5, 5.41) is 0. The molecule has 0 saturated heterocycles. The van der Waals surface area contributed by atoms with E-state index in [1.807, 2.05) is 24.3 Å². The molecule has 0 aliphatic carbocycles. The van der Waals surface area contributed by atoms with Gasteiger partial charge >= 0.3 is 0 Å². The van der Waals surface area contributed by atoms with Crippen molar-refractivity contribution in [3.63, 3.8) is 0 Å². The fraction of sp³-hybridized carbons (Fsp3) is 0.143. The Hall–Kier alpha value is -1.39. The molecule has 2 aromatic carbocycles. The molecule has 0 bridgehead atoms. The van der Waals surface area contributed by atoms with Gasteiger partial charge in [-0.15, -0.1) is 0 Å². The third-order valence-electron chi connectivity index (χ3n) is 2.51. The van der Waals surface area contributed by atoms with Crippen LogP contribution in [0.2, 0.25) is 0 Å². The molecule has 0 spiro atoms. The van der Waals surface area contributed by atoms with E-state index in [1.165, 1.54) is 6.07 Å². The highest BCUT2D eigenvalue weighted by molar-refractivity contribution is 9.10. The lowest BCUT2D eigenvalue weighted by Gasteiger charge is -2.08. The third kappa shape index (κ3) is 3.31. The molecule has 0 aliphatic rings. The Morgan fingerprint density at radius 1 is 1.11 bits per heavy atom. The van der Waals surface area contributed by atoms with Crippen LogP contribution in [0.5, 0.6) is 5.75 Å². The molecule has 2 rings (SSSR count). The molecular weight excluding hydrogens is 297 g/mol. The maximum atomic E-state index is 13.5. The van der Waals surface area contributed by atoms with Gasteiger partial charge in [0.05, 0.1) is 0 Å². The van der Waals surface area contributed by atoms with Gasteiger partial charge in [-0.25, -0.2) is 4.39 Å². The molecule has 0 saturated carbocycles. The monoisotopic (exact) mass is 309 g/mol. The summed E-state index contributed by atoms with van der Waals surface area (Å²) in [5.74, 6) is -0.129. The Morgan fingerprint density at radius 2 is 1.89 bits per heavy atom. The first-order valence-corrected chi connectivity index (χ1v) is 6.34. The van der Waals surface area contributed by atoms with E-state index < -0.39 is 0 Å². The van der Waals surface area contributed by atoms with Crippen LogP contribution in [0.25, 0.3) is 0 Å². The van der Waals surface area contributed by atoms with E-state index in [0.717, 1.165) is 15.6 Å². The second kappa shape index (κ2) is 5.98. The molecule has 0 radical (unpaired) electrons. The lowest BCUT2D eigenvalue weighted by atomic mass is 10.1. The topological polar surface area (TPSA) is 35.2 Å². The number of hydrogen-bond donors (Lipinski definition) is 1. The molecule has 0 aromatic heterocycles. The molecule has 0 heterocycles. The van der Waals surface area contributed by atoms with Crippen molar-refractivity contribution in [3.05, 3.63) is 63.9 Å². The predicted molar refractivity (Wildman–Crippen MR) is 72.8 cm³/mol. The quantitative estimate of drug-likeness (QED) is 0.936. The van der Waals surface area contributed by atoms with E-state index in [2.05, 4.69) is 15.9 Å². The van der Waals surface area contributed by atoms with Gasteiger partial charge in [0.2, 0.25) is 0 Å². The average Bonchev–Trinajstić information content (AvgIpc) is 2.40. The third-order valence-corrected chi connectivity index (χ3v) is 3.01. The number of benzene rings is 2. The molecule has 2 N–H and O–H groups in total. The maximum absolute atomic E-state index is 13.5. The lowest BCUT2D eigenvalue weighted by Crippen LogP contribution is -2.00. The fourth-order valence-electron chi connectivity index (χ4n) is 1.60. The highest BCUT2D eigenvalue weighted by atomic mass is 79.9. The summed E-state index contributed by atoms with van der Waals surface area (Å²) in [6.07, 6.45) is 0. The standard InChI is InChI=1S/C14H13BrFNO/c15-12-4-5-13(16)14(7-12)18-9-11-3-1-2-10(6-11)8-17/h1-7H,8-9,17H2. The highest BCUT2D eigenvalue weighted by Crippen LogP contribution is 2.23. The summed E-state index contributed by atoms with van der Waals surface area (Å²) in [6, 6.07) is 12.4. The maximum Gasteiger partial charge on any atom is 0.165 e. The van der Waals surface area contributed by atoms with Crippen molar-refractivity contribution in [2.24, 2.45) is 5.73 Å². The normalized spacial score (nSPS) is 10.4. The van der Waals surface area contributed by atoms with Crippen molar-refractivity contribution < 1.29 is 9.13 Å². The second-order valence-electron chi connectivity index (χ2n) is 3.89. The lowest BCUT2D eigenvalue weighted by molar-refractivity contribution is 0.290. The Morgan fingerprint density at radius 3 is 2.67 bits per heavy atom. The van der Waals surface area contributed by atoms with E-state index in [0.29, 0.717) is 13.2 Å². The zero-order chi connectivity index (χ0) is 13.0. The molecule has 2 aromatic rings. The van der Waals surface area contributed by atoms with Crippen LogP contribution in [0.1, 0.15) is 11.1 Å². The van der Waals surface area contributed by atoms with Gasteiger partial charge in [-0.05, 0) is 29.3 Å². The largest absolute Gasteiger partial charge is 0.486 e. The van der Waals surface area contributed by atoms with E-state index in [-0.39, 0.29) is 11.6 Å². The summed E-state index contributed by atoms with van der Waals surface area (Å²) in [4.78, 5) is 0. The Balaban J connectivity index is 2.08. The van der Waals surface area contributed by atoms with Gasteiger partial charge in [0, 0.05) is 11.0 Å². The summed E-state index contributed by atoms with van der Waals surface area (Å²) in [7, 11) is 0. The van der Waals surface area contributed by atoms with Gasteiger partial charge in [-0.3, -0.25) is 0 Å². The summed E-state index contributed by atoms with van der Waals surface area (Å²) < 4.78 is 19.7. The predicted octanol–water partition coefficient (Wildman–Crippen LogP) is 3.63. The van der Waals surface area contributed by atoms with Gasteiger partial charge in [-0.1, -0.05) is 40.2 Å². The molecule has 2 nitrogen and oxygen atoms in total. The summed E-state index contributed by atoms with van der Waals surface area (Å²) in [5.41, 5.74) is 7.57. The molecule has 18 heavy (non-hydrogen) atoms. The highest BCUT2D eigenvalue weighted by Gasteiger charge is 2.04. The fourth-order valence-corrected chi connectivity index (χ4v) is 1.94. The van der Waals surface area contributed by atoms with Crippen LogP contribution in [0, 0.1) is 5.82 Å². The van der Waals surface area contributed by atoms with Crippen LogP contribution in [-0.2, 0) is 13.2 Å². The minimum atomic E-state index is -0.367. The Kier molecular flexibility index (Phi) is 4.33. The van der Waals surface area contributed by atoms with Crippen LogP contribution in [0.3, 0.4) is 0 Å². The average molecular weight is 310 g/mol. The first kappa shape index (κ1) is 13.1. The molecule has 0 amide bonds. The first-order valence-electron chi connectivity index (χ1n) is 5.55. The Labute approximate surface area is 114 Å². The van der Waals surface area contributed by atoms with Crippen molar-refractivity contribution in [2.75, 3.05) is 0 Å². The van der Waals surface area contributed by atoms with E-state index in [4.69, 9.17) is 10.5 Å². The zero-order valence-corrected chi connectivity index (χ0v) is 11.3. The molecular formula is C14H13BrFNO. The first-order chi connectivity index (χ1) is 8.69. The number of rotatable bonds is 4. The summed E-state index contributed by atoms with van der Waals surface area (Å²) >= 11 is 3.28. The van der Waals surface area contributed by atoms with Crippen molar-refractivity contribution in [1.82, 2.24) is 0 Å². The van der Waals surface area contributed by atoms with Crippen LogP contribution < -0.4 is 10.5 Å². The van der Waals surface area contributed by atoms with Crippen molar-refractivity contribution >= 4 is 15.9 Å². The zero-order valence-electron chi connectivity index (χ0n) is 9.70. The van der Waals surface area contributed by atoms with Crippen molar-refractivity contribution in [1.29, 1.82) is 0 Å². The number of ether oxygens (including phenoxy) is 1. The molecule has 94 valence electrons. The van der Waals surface area contributed by atoms with Gasteiger partial charge in [0.25, 0.3) is 0 Å². The molecule has 4 heteroatoms. The van der Waals surface area contributed by atoms with Crippen LogP contribution in [0.4, 0.5) is 4.39 Å². The van der Waals surface area contributed by atoms with Gasteiger partial charge in [-0.2, -0.15) is 0 Å². The van der Waals surface area contributed by atoms with E-state index >= 15 is 0 Å².